The van der Waals surface area contributed by atoms with Gasteiger partial charge in [-0.15, -0.1) is 0 Å². The van der Waals surface area contributed by atoms with Gasteiger partial charge in [0.15, 0.2) is 11.5 Å². The van der Waals surface area contributed by atoms with E-state index in [9.17, 15) is 4.79 Å². The van der Waals surface area contributed by atoms with Crippen molar-refractivity contribution in [1.29, 1.82) is 0 Å². The summed E-state index contributed by atoms with van der Waals surface area (Å²) in [5, 5.41) is 8.35. The third-order valence-electron chi connectivity index (χ3n) is 2.13. The molecule has 84 valence electrons. The molecule has 1 amide bonds. The molecule has 0 aliphatic rings. The molecule has 2 aromatic rings. The number of nitrogen functional groups attached to an aromatic ring is 1. The summed E-state index contributed by atoms with van der Waals surface area (Å²) in [5.41, 5.74) is 8.24. The molecule has 8 heteroatoms. The molecule has 0 unspecified atom stereocenters. The van der Waals surface area contributed by atoms with Gasteiger partial charge in [-0.25, -0.2) is 20.4 Å². The molecule has 0 aliphatic carbocycles. The molecule has 0 fully saturated rings. The van der Waals surface area contributed by atoms with Crippen LogP contribution in [0.3, 0.4) is 0 Å². The number of carbonyl (C=O) groups is 1. The van der Waals surface area contributed by atoms with Gasteiger partial charge in [-0.05, 0) is 0 Å². The monoisotopic (exact) mass is 222 g/mol. The Kier molecular flexibility index (Phi) is 2.64. The molecule has 0 spiro atoms. The van der Waals surface area contributed by atoms with Gasteiger partial charge in [-0.3, -0.25) is 10.0 Å². The van der Waals surface area contributed by atoms with Gasteiger partial charge in [-0.2, -0.15) is 0 Å². The summed E-state index contributed by atoms with van der Waals surface area (Å²) in [5.74, 6) is -0.167. The summed E-state index contributed by atoms with van der Waals surface area (Å²) in [6.45, 7) is 0.360. The SMILES string of the molecule is Nc1ncnc2c1ncn2CCC(=O)NO. The molecule has 2 heterocycles. The fourth-order valence-electron chi connectivity index (χ4n) is 1.34. The highest BCUT2D eigenvalue weighted by Gasteiger charge is 2.08. The summed E-state index contributed by atoms with van der Waals surface area (Å²) in [7, 11) is 0. The number of fused-ring (bicyclic) bond motifs is 1. The first kappa shape index (κ1) is 10.3. The van der Waals surface area contributed by atoms with E-state index in [4.69, 9.17) is 10.9 Å². The Hall–Kier alpha value is -2.22. The lowest BCUT2D eigenvalue weighted by molar-refractivity contribution is -0.129. The smallest absolute Gasteiger partial charge is 0.245 e. The van der Waals surface area contributed by atoms with Gasteiger partial charge in [0.25, 0.3) is 0 Å². The lowest BCUT2D eigenvalue weighted by Crippen LogP contribution is -2.20. The summed E-state index contributed by atoms with van der Waals surface area (Å²) in [6.07, 6.45) is 2.99. The van der Waals surface area contributed by atoms with E-state index in [1.54, 1.807) is 10.0 Å². The second-order valence-corrected chi connectivity index (χ2v) is 3.15. The number of hydroxylamine groups is 1. The van der Waals surface area contributed by atoms with Gasteiger partial charge in [0.05, 0.1) is 6.33 Å². The Bertz CT molecular complexity index is 522. The van der Waals surface area contributed by atoms with Crippen molar-refractivity contribution >= 4 is 22.9 Å². The second kappa shape index (κ2) is 4.11. The van der Waals surface area contributed by atoms with E-state index < -0.39 is 5.91 Å². The Morgan fingerprint density at radius 1 is 1.50 bits per heavy atom. The lowest BCUT2D eigenvalue weighted by Gasteiger charge is -2.02. The number of nitrogens with one attached hydrogen (secondary N) is 1. The zero-order chi connectivity index (χ0) is 11.5. The van der Waals surface area contributed by atoms with Crippen LogP contribution in [0, 0.1) is 0 Å². The molecule has 0 saturated heterocycles. The molecular formula is C8H10N6O2. The highest BCUT2D eigenvalue weighted by molar-refractivity contribution is 5.81. The van der Waals surface area contributed by atoms with Crippen LogP contribution < -0.4 is 11.2 Å². The number of nitrogens with zero attached hydrogens (tertiary/aromatic N) is 4. The van der Waals surface area contributed by atoms with Crippen molar-refractivity contribution in [3.8, 4) is 0 Å². The molecule has 2 rings (SSSR count). The summed E-state index contributed by atoms with van der Waals surface area (Å²) in [4.78, 5) is 22.7. The Morgan fingerprint density at radius 2 is 2.31 bits per heavy atom. The van der Waals surface area contributed by atoms with E-state index in [1.807, 2.05) is 0 Å². The number of imidazole rings is 1. The van der Waals surface area contributed by atoms with Crippen LogP contribution in [0.15, 0.2) is 12.7 Å². The molecule has 0 radical (unpaired) electrons. The third kappa shape index (κ3) is 1.77. The maximum atomic E-state index is 10.9. The van der Waals surface area contributed by atoms with Crippen molar-refractivity contribution in [1.82, 2.24) is 25.0 Å². The summed E-state index contributed by atoms with van der Waals surface area (Å²) < 4.78 is 1.67. The fraction of sp³-hybridized carbons (Fsp3) is 0.250. The largest absolute Gasteiger partial charge is 0.382 e. The van der Waals surface area contributed by atoms with Gasteiger partial charge in [0.1, 0.15) is 11.8 Å². The first-order valence-electron chi connectivity index (χ1n) is 4.56. The van der Waals surface area contributed by atoms with E-state index in [2.05, 4.69) is 15.0 Å². The number of hydrogen-bond acceptors (Lipinski definition) is 6. The predicted octanol–water partition coefficient (Wildman–Crippen LogP) is -0.696. The minimum absolute atomic E-state index is 0.131. The van der Waals surface area contributed by atoms with Gasteiger partial charge < -0.3 is 10.3 Å². The Balaban J connectivity index is 2.25. The van der Waals surface area contributed by atoms with Crippen LogP contribution in [-0.4, -0.2) is 30.6 Å². The van der Waals surface area contributed by atoms with Crippen molar-refractivity contribution in [2.45, 2.75) is 13.0 Å². The van der Waals surface area contributed by atoms with Crippen molar-refractivity contribution in [2.24, 2.45) is 0 Å². The Labute approximate surface area is 90.1 Å². The van der Waals surface area contributed by atoms with Crippen LogP contribution >= 0.6 is 0 Å². The molecule has 0 aromatic carbocycles. The van der Waals surface area contributed by atoms with E-state index in [-0.39, 0.29) is 6.42 Å². The normalized spacial score (nSPS) is 10.6. The van der Waals surface area contributed by atoms with E-state index in [0.717, 1.165) is 0 Å². The average Bonchev–Trinajstić information content (AvgIpc) is 2.70. The second-order valence-electron chi connectivity index (χ2n) is 3.15. The maximum absolute atomic E-state index is 10.9. The van der Waals surface area contributed by atoms with Gasteiger partial charge in [0, 0.05) is 13.0 Å². The van der Waals surface area contributed by atoms with Gasteiger partial charge in [-0.1, -0.05) is 0 Å². The van der Waals surface area contributed by atoms with E-state index >= 15 is 0 Å². The fourth-order valence-corrected chi connectivity index (χ4v) is 1.34. The van der Waals surface area contributed by atoms with Crippen LogP contribution in [0.4, 0.5) is 5.82 Å². The molecule has 0 atom stereocenters. The van der Waals surface area contributed by atoms with Gasteiger partial charge in [0.2, 0.25) is 5.91 Å². The first-order valence-corrected chi connectivity index (χ1v) is 4.56. The van der Waals surface area contributed by atoms with Crippen LogP contribution in [0.25, 0.3) is 11.2 Å². The van der Waals surface area contributed by atoms with Crippen molar-refractivity contribution in [3.05, 3.63) is 12.7 Å². The predicted molar refractivity (Wildman–Crippen MR) is 54.3 cm³/mol. The highest BCUT2D eigenvalue weighted by atomic mass is 16.5. The highest BCUT2D eigenvalue weighted by Crippen LogP contribution is 2.14. The molecular weight excluding hydrogens is 212 g/mol. The standard InChI is InChI=1S/C8H10N6O2/c9-7-6-8(11-3-10-7)14(4-12-6)2-1-5(15)13-16/h3-4,16H,1-2H2,(H,13,15)(H2,9,10,11). The Morgan fingerprint density at radius 3 is 3.06 bits per heavy atom. The van der Waals surface area contributed by atoms with E-state index in [1.165, 1.54) is 12.7 Å². The zero-order valence-electron chi connectivity index (χ0n) is 8.29. The molecule has 8 nitrogen and oxygen atoms in total. The molecule has 0 aliphatic heterocycles. The van der Waals surface area contributed by atoms with Crippen LogP contribution in [0.5, 0.6) is 0 Å². The number of amides is 1. The zero-order valence-corrected chi connectivity index (χ0v) is 8.29. The quantitative estimate of drug-likeness (QED) is 0.467. The van der Waals surface area contributed by atoms with E-state index in [0.29, 0.717) is 23.5 Å². The molecule has 4 N–H and O–H groups in total. The molecule has 0 saturated carbocycles. The number of rotatable bonds is 3. The number of nitrogens with two attached hydrogens (primary N) is 1. The number of carbonyl (C=O) groups excluding carboxylic acids is 1. The van der Waals surface area contributed by atoms with Crippen molar-refractivity contribution in [3.63, 3.8) is 0 Å². The number of aromatic nitrogens is 4. The van der Waals surface area contributed by atoms with Crippen LogP contribution in [0.1, 0.15) is 6.42 Å². The number of anilines is 1. The van der Waals surface area contributed by atoms with Gasteiger partial charge >= 0.3 is 0 Å². The molecule has 2 aromatic heterocycles. The lowest BCUT2D eigenvalue weighted by atomic mass is 10.4. The van der Waals surface area contributed by atoms with Crippen molar-refractivity contribution in [2.75, 3.05) is 5.73 Å². The number of hydrogen-bond donors (Lipinski definition) is 3. The summed E-state index contributed by atoms with van der Waals surface area (Å²) in [6, 6.07) is 0. The maximum Gasteiger partial charge on any atom is 0.245 e. The third-order valence-corrected chi connectivity index (χ3v) is 2.13. The minimum atomic E-state index is -0.469. The summed E-state index contributed by atoms with van der Waals surface area (Å²) >= 11 is 0. The average molecular weight is 222 g/mol. The molecule has 0 bridgehead atoms. The topological polar surface area (TPSA) is 119 Å². The first-order chi connectivity index (χ1) is 7.72. The number of aryl methyl sites for hydroxylation is 1. The van der Waals surface area contributed by atoms with Crippen LogP contribution in [-0.2, 0) is 11.3 Å². The molecule has 16 heavy (non-hydrogen) atoms. The van der Waals surface area contributed by atoms with Crippen LogP contribution in [0.2, 0.25) is 0 Å². The van der Waals surface area contributed by atoms with Crippen molar-refractivity contribution < 1.29 is 10.0 Å². The minimum Gasteiger partial charge on any atom is -0.382 e.